The van der Waals surface area contributed by atoms with Crippen molar-refractivity contribution in [1.29, 1.82) is 0 Å². The number of nitrogens with zero attached hydrogens (tertiary/aromatic N) is 1. The summed E-state index contributed by atoms with van der Waals surface area (Å²) in [6.07, 6.45) is 0. The van der Waals surface area contributed by atoms with Gasteiger partial charge in [0.15, 0.2) is 5.76 Å². The van der Waals surface area contributed by atoms with Crippen LogP contribution in [0.3, 0.4) is 0 Å². The fourth-order valence-corrected chi connectivity index (χ4v) is 2.43. The summed E-state index contributed by atoms with van der Waals surface area (Å²) in [4.78, 5) is 12.6. The molecule has 24 heavy (non-hydrogen) atoms. The first-order valence-electron chi connectivity index (χ1n) is 7.68. The second-order valence-electron chi connectivity index (χ2n) is 6.62. The maximum atomic E-state index is 12.6. The zero-order valence-corrected chi connectivity index (χ0v) is 14.2. The Hall–Kier alpha value is -2.60. The summed E-state index contributed by atoms with van der Waals surface area (Å²) in [5.41, 5.74) is 1.95. The van der Waals surface area contributed by atoms with E-state index in [4.69, 9.17) is 13.7 Å². The van der Waals surface area contributed by atoms with E-state index in [0.717, 1.165) is 11.1 Å². The van der Waals surface area contributed by atoms with Gasteiger partial charge in [0.25, 0.3) is 5.91 Å². The zero-order chi connectivity index (χ0) is 17.3. The summed E-state index contributed by atoms with van der Waals surface area (Å²) < 4.78 is 16.1. The van der Waals surface area contributed by atoms with Crippen molar-refractivity contribution in [3.05, 3.63) is 47.3 Å². The number of hydrogen-bond acceptors (Lipinski definition) is 5. The molecule has 0 spiro atoms. The van der Waals surface area contributed by atoms with Gasteiger partial charge in [0.2, 0.25) is 5.88 Å². The van der Waals surface area contributed by atoms with Gasteiger partial charge in [-0.1, -0.05) is 44.1 Å². The number of fused-ring (bicyclic) bond motifs is 1. The van der Waals surface area contributed by atoms with Gasteiger partial charge >= 0.3 is 0 Å². The van der Waals surface area contributed by atoms with Gasteiger partial charge in [0.05, 0.1) is 12.3 Å². The van der Waals surface area contributed by atoms with Crippen LogP contribution in [0.5, 0.6) is 0 Å². The highest BCUT2D eigenvalue weighted by molar-refractivity contribution is 6.05. The number of benzene rings is 1. The SMILES string of the molecule is COCc1c(C(=O)Nc2cc(C(C)(C)C)no2)oc2ccccc12. The van der Waals surface area contributed by atoms with Crippen LogP contribution in [0.1, 0.15) is 42.6 Å². The van der Waals surface area contributed by atoms with Crippen molar-refractivity contribution >= 4 is 22.8 Å². The summed E-state index contributed by atoms with van der Waals surface area (Å²) in [5.74, 6) is 0.107. The lowest BCUT2D eigenvalue weighted by Crippen LogP contribution is -2.13. The van der Waals surface area contributed by atoms with Gasteiger partial charge in [-0.2, -0.15) is 0 Å². The highest BCUT2D eigenvalue weighted by atomic mass is 16.5. The summed E-state index contributed by atoms with van der Waals surface area (Å²) in [5, 5.41) is 7.54. The third-order valence-electron chi connectivity index (χ3n) is 3.71. The van der Waals surface area contributed by atoms with Gasteiger partial charge in [-0.25, -0.2) is 0 Å². The molecule has 1 aromatic carbocycles. The van der Waals surface area contributed by atoms with Gasteiger partial charge in [0.1, 0.15) is 5.58 Å². The van der Waals surface area contributed by atoms with Gasteiger partial charge in [-0.15, -0.1) is 0 Å². The molecule has 2 heterocycles. The molecule has 0 aliphatic carbocycles. The molecule has 0 bridgehead atoms. The predicted molar refractivity (Wildman–Crippen MR) is 90.1 cm³/mol. The number of furan rings is 1. The normalized spacial score (nSPS) is 11.8. The lowest BCUT2D eigenvalue weighted by Gasteiger charge is -2.12. The molecule has 0 radical (unpaired) electrons. The third kappa shape index (κ3) is 3.05. The summed E-state index contributed by atoms with van der Waals surface area (Å²) in [6, 6.07) is 9.19. The van der Waals surface area contributed by atoms with Crippen molar-refractivity contribution in [3.63, 3.8) is 0 Å². The molecule has 0 unspecified atom stereocenters. The van der Waals surface area contributed by atoms with Crippen LogP contribution < -0.4 is 5.32 Å². The van der Waals surface area contributed by atoms with Crippen molar-refractivity contribution in [2.24, 2.45) is 0 Å². The van der Waals surface area contributed by atoms with Crippen molar-refractivity contribution in [2.45, 2.75) is 32.8 Å². The number of anilines is 1. The minimum absolute atomic E-state index is 0.160. The Kier molecular flexibility index (Phi) is 4.15. The molecule has 0 saturated heterocycles. The second kappa shape index (κ2) is 6.13. The van der Waals surface area contributed by atoms with E-state index in [1.54, 1.807) is 13.2 Å². The number of carbonyl (C=O) groups excluding carboxylic acids is 1. The van der Waals surface area contributed by atoms with E-state index >= 15 is 0 Å². The largest absolute Gasteiger partial charge is 0.451 e. The van der Waals surface area contributed by atoms with Crippen LogP contribution in [0.25, 0.3) is 11.0 Å². The quantitative estimate of drug-likeness (QED) is 0.779. The first-order valence-corrected chi connectivity index (χ1v) is 7.68. The lowest BCUT2D eigenvalue weighted by atomic mass is 9.92. The van der Waals surface area contributed by atoms with E-state index < -0.39 is 5.91 Å². The summed E-state index contributed by atoms with van der Waals surface area (Å²) in [6.45, 7) is 6.34. The molecule has 0 saturated carbocycles. The van der Waals surface area contributed by atoms with Crippen molar-refractivity contribution < 1.29 is 18.5 Å². The Labute approximate surface area is 139 Å². The van der Waals surface area contributed by atoms with Crippen LogP contribution in [0.2, 0.25) is 0 Å². The monoisotopic (exact) mass is 328 g/mol. The van der Waals surface area contributed by atoms with Crippen LogP contribution in [0.4, 0.5) is 5.88 Å². The van der Waals surface area contributed by atoms with E-state index in [2.05, 4.69) is 10.5 Å². The minimum atomic E-state index is -0.394. The first-order chi connectivity index (χ1) is 11.4. The molecule has 126 valence electrons. The summed E-state index contributed by atoms with van der Waals surface area (Å²) >= 11 is 0. The topological polar surface area (TPSA) is 77.5 Å². The molecular weight excluding hydrogens is 308 g/mol. The van der Waals surface area contributed by atoms with Crippen molar-refractivity contribution in [3.8, 4) is 0 Å². The molecule has 1 amide bonds. The highest BCUT2D eigenvalue weighted by Gasteiger charge is 2.23. The lowest BCUT2D eigenvalue weighted by molar-refractivity contribution is 0.0989. The average molecular weight is 328 g/mol. The molecule has 0 aliphatic heterocycles. The number of ether oxygens (including phenoxy) is 1. The molecule has 3 rings (SSSR count). The Morgan fingerprint density at radius 2 is 2.04 bits per heavy atom. The van der Waals surface area contributed by atoms with Crippen molar-refractivity contribution in [1.82, 2.24) is 5.16 Å². The molecule has 2 aromatic heterocycles. The first kappa shape index (κ1) is 16.3. The van der Waals surface area contributed by atoms with Crippen LogP contribution in [0, 0.1) is 0 Å². The van der Waals surface area contributed by atoms with Gasteiger partial charge < -0.3 is 13.7 Å². The standard InChI is InChI=1S/C18H20N2O4/c1-18(2,3)14-9-15(24-20-14)19-17(21)16-12(10-22-4)11-7-5-6-8-13(11)23-16/h5-9H,10H2,1-4H3,(H,19,21). The molecule has 0 fully saturated rings. The zero-order valence-electron chi connectivity index (χ0n) is 14.2. The number of methoxy groups -OCH3 is 1. The molecule has 1 N–H and O–H groups in total. The smallest absolute Gasteiger partial charge is 0.294 e. The van der Waals surface area contributed by atoms with E-state index in [9.17, 15) is 4.79 Å². The number of carbonyl (C=O) groups is 1. The number of hydrogen-bond donors (Lipinski definition) is 1. The maximum absolute atomic E-state index is 12.6. The molecule has 0 aliphatic rings. The minimum Gasteiger partial charge on any atom is -0.451 e. The Morgan fingerprint density at radius 3 is 2.71 bits per heavy atom. The number of aromatic nitrogens is 1. The van der Waals surface area contributed by atoms with E-state index in [0.29, 0.717) is 11.1 Å². The summed E-state index contributed by atoms with van der Waals surface area (Å²) in [7, 11) is 1.58. The fourth-order valence-electron chi connectivity index (χ4n) is 2.43. The van der Waals surface area contributed by atoms with E-state index in [1.165, 1.54) is 0 Å². The van der Waals surface area contributed by atoms with Crippen molar-refractivity contribution in [2.75, 3.05) is 12.4 Å². The average Bonchev–Trinajstić information content (AvgIpc) is 3.13. The van der Waals surface area contributed by atoms with Crippen LogP contribution in [0.15, 0.2) is 39.3 Å². The second-order valence-corrected chi connectivity index (χ2v) is 6.62. The van der Waals surface area contributed by atoms with Crippen LogP contribution >= 0.6 is 0 Å². The molecule has 6 nitrogen and oxygen atoms in total. The van der Waals surface area contributed by atoms with Gasteiger partial charge in [0, 0.05) is 29.5 Å². The van der Waals surface area contributed by atoms with Gasteiger partial charge in [-0.05, 0) is 6.07 Å². The third-order valence-corrected chi connectivity index (χ3v) is 3.71. The number of amides is 1. The molecule has 6 heteroatoms. The predicted octanol–water partition coefficient (Wildman–Crippen LogP) is 4.12. The van der Waals surface area contributed by atoms with Crippen LogP contribution in [-0.2, 0) is 16.8 Å². The highest BCUT2D eigenvalue weighted by Crippen LogP contribution is 2.28. The Balaban J connectivity index is 1.91. The molecular formula is C18H20N2O4. The Morgan fingerprint density at radius 1 is 1.29 bits per heavy atom. The maximum Gasteiger partial charge on any atom is 0.294 e. The van der Waals surface area contributed by atoms with Gasteiger partial charge in [-0.3, -0.25) is 10.1 Å². The number of rotatable bonds is 4. The van der Waals surface area contributed by atoms with E-state index in [-0.39, 0.29) is 23.7 Å². The molecule has 0 atom stereocenters. The number of nitrogens with one attached hydrogen (secondary N) is 1. The molecule has 3 aromatic rings. The van der Waals surface area contributed by atoms with Crippen LogP contribution in [-0.4, -0.2) is 18.2 Å². The number of para-hydroxylation sites is 1. The fraction of sp³-hybridized carbons (Fsp3) is 0.333. The Bertz CT molecular complexity index is 871. The van der Waals surface area contributed by atoms with E-state index in [1.807, 2.05) is 45.0 Å².